The molecule has 3 heteroatoms. The van der Waals surface area contributed by atoms with Gasteiger partial charge in [-0.3, -0.25) is 0 Å². The number of unbranched alkanes of at least 4 members (excludes halogenated alkanes) is 2. The number of hydrogen-bond donors (Lipinski definition) is 1. The molecule has 84 valence electrons. The fourth-order valence-electron chi connectivity index (χ4n) is 1.62. The molecule has 1 unspecified atom stereocenters. The van der Waals surface area contributed by atoms with Crippen molar-refractivity contribution in [3.8, 4) is 0 Å². The van der Waals surface area contributed by atoms with E-state index in [0.29, 0.717) is 10.0 Å². The fraction of sp³-hybridized carbons (Fsp3) is 0.500. The molecule has 1 atom stereocenters. The summed E-state index contributed by atoms with van der Waals surface area (Å²) in [6, 6.07) is 5.47. The highest BCUT2D eigenvalue weighted by molar-refractivity contribution is 6.36. The van der Waals surface area contributed by atoms with Crippen molar-refractivity contribution in [2.75, 3.05) is 0 Å². The second-order valence-electron chi connectivity index (χ2n) is 3.74. The maximum absolute atomic E-state index is 6.07. The molecule has 0 aliphatic rings. The minimum atomic E-state index is -0.0438. The van der Waals surface area contributed by atoms with Gasteiger partial charge in [0, 0.05) is 21.7 Å². The molecule has 1 aromatic carbocycles. The van der Waals surface area contributed by atoms with Crippen molar-refractivity contribution in [1.82, 2.24) is 0 Å². The Morgan fingerprint density at radius 1 is 1.20 bits per heavy atom. The molecule has 0 saturated carbocycles. The number of halogens is 2. The van der Waals surface area contributed by atoms with Crippen LogP contribution in [0.2, 0.25) is 10.0 Å². The van der Waals surface area contributed by atoms with Crippen molar-refractivity contribution in [2.45, 2.75) is 38.6 Å². The van der Waals surface area contributed by atoms with Gasteiger partial charge in [-0.15, -0.1) is 0 Å². The number of rotatable bonds is 5. The lowest BCUT2D eigenvalue weighted by molar-refractivity contribution is 0.581. The Morgan fingerprint density at radius 3 is 2.33 bits per heavy atom. The Labute approximate surface area is 102 Å². The average molecular weight is 246 g/mol. The molecule has 0 aliphatic heterocycles. The van der Waals surface area contributed by atoms with Crippen molar-refractivity contribution in [3.63, 3.8) is 0 Å². The Morgan fingerprint density at radius 2 is 1.80 bits per heavy atom. The topological polar surface area (TPSA) is 26.0 Å². The van der Waals surface area contributed by atoms with E-state index in [9.17, 15) is 0 Å². The maximum Gasteiger partial charge on any atom is 0.0468 e. The monoisotopic (exact) mass is 245 g/mol. The van der Waals surface area contributed by atoms with Crippen LogP contribution in [0, 0.1) is 0 Å². The van der Waals surface area contributed by atoms with Gasteiger partial charge in [0.1, 0.15) is 0 Å². The molecule has 0 fully saturated rings. The van der Waals surface area contributed by atoms with Gasteiger partial charge in [0.15, 0.2) is 0 Å². The molecular weight excluding hydrogens is 229 g/mol. The van der Waals surface area contributed by atoms with Crippen LogP contribution in [0.25, 0.3) is 0 Å². The Bertz CT molecular complexity index is 292. The zero-order chi connectivity index (χ0) is 11.3. The lowest BCUT2D eigenvalue weighted by Crippen LogP contribution is -2.11. The van der Waals surface area contributed by atoms with Crippen molar-refractivity contribution >= 4 is 23.2 Å². The van der Waals surface area contributed by atoms with Gasteiger partial charge in [-0.1, -0.05) is 55.5 Å². The van der Waals surface area contributed by atoms with E-state index in [1.54, 1.807) is 0 Å². The zero-order valence-electron chi connectivity index (χ0n) is 8.97. The molecule has 0 saturated heterocycles. The Hall–Kier alpha value is -0.240. The summed E-state index contributed by atoms with van der Waals surface area (Å²) in [4.78, 5) is 0. The van der Waals surface area contributed by atoms with Gasteiger partial charge in [-0.25, -0.2) is 0 Å². The van der Waals surface area contributed by atoms with Crippen LogP contribution in [-0.2, 0) is 0 Å². The highest BCUT2D eigenvalue weighted by Crippen LogP contribution is 2.31. The molecule has 0 bridgehead atoms. The molecule has 2 N–H and O–H groups in total. The van der Waals surface area contributed by atoms with E-state index >= 15 is 0 Å². The molecule has 15 heavy (non-hydrogen) atoms. The summed E-state index contributed by atoms with van der Waals surface area (Å²) in [6.45, 7) is 2.17. The summed E-state index contributed by atoms with van der Waals surface area (Å²) >= 11 is 12.1. The molecule has 0 aliphatic carbocycles. The third kappa shape index (κ3) is 3.67. The first-order valence-electron chi connectivity index (χ1n) is 5.36. The van der Waals surface area contributed by atoms with Crippen molar-refractivity contribution in [3.05, 3.63) is 33.8 Å². The summed E-state index contributed by atoms with van der Waals surface area (Å²) in [5.74, 6) is 0. The van der Waals surface area contributed by atoms with Gasteiger partial charge in [-0.05, 0) is 18.6 Å². The van der Waals surface area contributed by atoms with Gasteiger partial charge >= 0.3 is 0 Å². The number of benzene rings is 1. The van der Waals surface area contributed by atoms with Crippen LogP contribution in [0.15, 0.2) is 18.2 Å². The first-order chi connectivity index (χ1) is 7.16. The molecule has 1 aromatic rings. The van der Waals surface area contributed by atoms with Gasteiger partial charge in [0.2, 0.25) is 0 Å². The van der Waals surface area contributed by atoms with Gasteiger partial charge in [0.05, 0.1) is 0 Å². The second-order valence-corrected chi connectivity index (χ2v) is 4.55. The first kappa shape index (κ1) is 12.8. The largest absolute Gasteiger partial charge is 0.324 e. The highest BCUT2D eigenvalue weighted by atomic mass is 35.5. The SMILES string of the molecule is CCCCCC(N)c1c(Cl)cccc1Cl. The van der Waals surface area contributed by atoms with Gasteiger partial charge in [0.25, 0.3) is 0 Å². The predicted molar refractivity (Wildman–Crippen MR) is 67.5 cm³/mol. The average Bonchev–Trinajstić information content (AvgIpc) is 2.18. The van der Waals surface area contributed by atoms with E-state index in [1.165, 1.54) is 12.8 Å². The van der Waals surface area contributed by atoms with E-state index < -0.39 is 0 Å². The highest BCUT2D eigenvalue weighted by Gasteiger charge is 2.13. The summed E-state index contributed by atoms with van der Waals surface area (Å²) in [6.07, 6.45) is 4.47. The van der Waals surface area contributed by atoms with Crippen molar-refractivity contribution in [1.29, 1.82) is 0 Å². The standard InChI is InChI=1S/C12H17Cl2N/c1-2-3-4-8-11(15)12-9(13)6-5-7-10(12)14/h5-7,11H,2-4,8,15H2,1H3. The zero-order valence-corrected chi connectivity index (χ0v) is 10.5. The second kappa shape index (κ2) is 6.37. The smallest absolute Gasteiger partial charge is 0.0468 e. The van der Waals surface area contributed by atoms with Crippen LogP contribution < -0.4 is 5.73 Å². The molecule has 0 heterocycles. The first-order valence-corrected chi connectivity index (χ1v) is 6.12. The van der Waals surface area contributed by atoms with Crippen LogP contribution in [0.1, 0.15) is 44.2 Å². The lowest BCUT2D eigenvalue weighted by Gasteiger charge is -2.14. The Kier molecular flexibility index (Phi) is 5.44. The van der Waals surface area contributed by atoms with Crippen LogP contribution >= 0.6 is 23.2 Å². The van der Waals surface area contributed by atoms with E-state index in [2.05, 4.69) is 6.92 Å². The van der Waals surface area contributed by atoms with Gasteiger partial charge in [-0.2, -0.15) is 0 Å². The van der Waals surface area contributed by atoms with E-state index in [-0.39, 0.29) is 6.04 Å². The van der Waals surface area contributed by atoms with Crippen molar-refractivity contribution in [2.24, 2.45) is 5.73 Å². The lowest BCUT2D eigenvalue weighted by atomic mass is 10.0. The summed E-state index contributed by atoms with van der Waals surface area (Å²) in [5.41, 5.74) is 6.95. The quantitative estimate of drug-likeness (QED) is 0.756. The van der Waals surface area contributed by atoms with Crippen LogP contribution in [0.3, 0.4) is 0 Å². The molecule has 0 radical (unpaired) electrons. The normalized spacial score (nSPS) is 12.8. The fourth-order valence-corrected chi connectivity index (χ4v) is 2.30. The molecule has 0 amide bonds. The maximum atomic E-state index is 6.07. The van der Waals surface area contributed by atoms with Crippen LogP contribution in [-0.4, -0.2) is 0 Å². The Balaban J connectivity index is 2.68. The van der Waals surface area contributed by atoms with E-state index in [4.69, 9.17) is 28.9 Å². The minimum Gasteiger partial charge on any atom is -0.324 e. The summed E-state index contributed by atoms with van der Waals surface area (Å²) < 4.78 is 0. The number of hydrogen-bond acceptors (Lipinski definition) is 1. The van der Waals surface area contributed by atoms with E-state index in [0.717, 1.165) is 18.4 Å². The van der Waals surface area contributed by atoms with Crippen LogP contribution in [0.4, 0.5) is 0 Å². The van der Waals surface area contributed by atoms with E-state index in [1.807, 2.05) is 18.2 Å². The molecule has 0 spiro atoms. The minimum absolute atomic E-state index is 0.0438. The van der Waals surface area contributed by atoms with Crippen LogP contribution in [0.5, 0.6) is 0 Å². The third-order valence-corrected chi connectivity index (χ3v) is 3.15. The number of nitrogens with two attached hydrogens (primary N) is 1. The molecule has 0 aromatic heterocycles. The van der Waals surface area contributed by atoms with Gasteiger partial charge < -0.3 is 5.73 Å². The summed E-state index contributed by atoms with van der Waals surface area (Å²) in [5, 5.41) is 1.35. The third-order valence-electron chi connectivity index (χ3n) is 2.49. The molecule has 1 nitrogen and oxygen atoms in total. The van der Waals surface area contributed by atoms with Crippen molar-refractivity contribution < 1.29 is 0 Å². The molecule has 1 rings (SSSR count). The predicted octanol–water partition coefficient (Wildman–Crippen LogP) is 4.57. The molecular formula is C12H17Cl2N. The summed E-state index contributed by atoms with van der Waals surface area (Å²) in [7, 11) is 0.